The van der Waals surface area contributed by atoms with E-state index in [4.69, 9.17) is 0 Å². The summed E-state index contributed by atoms with van der Waals surface area (Å²) in [4.78, 5) is 36.5. The van der Waals surface area contributed by atoms with Crippen LogP contribution in [0.15, 0.2) is 12.2 Å². The lowest BCUT2D eigenvalue weighted by atomic mass is 9.48. The molecular formula is C23H31F3N2O4. The summed E-state index contributed by atoms with van der Waals surface area (Å²) < 4.78 is 44.3. The summed E-state index contributed by atoms with van der Waals surface area (Å²) in [5.41, 5.74) is -0.562. The lowest BCUT2D eigenvalue weighted by Crippen LogP contribution is -2.60. The zero-order valence-corrected chi connectivity index (χ0v) is 18.6. The maximum atomic E-state index is 13.3. The summed E-state index contributed by atoms with van der Waals surface area (Å²) in [6.07, 6.45) is 3.41. The van der Waals surface area contributed by atoms with Crippen molar-refractivity contribution in [2.75, 3.05) is 7.11 Å². The highest BCUT2D eigenvalue weighted by atomic mass is 19.4. The minimum absolute atomic E-state index is 0.0611. The van der Waals surface area contributed by atoms with Gasteiger partial charge in [-0.2, -0.15) is 13.2 Å². The number of ether oxygens (including phenoxy) is 1. The Labute approximate surface area is 185 Å². The van der Waals surface area contributed by atoms with E-state index in [1.807, 2.05) is 18.3 Å². The Hall–Kier alpha value is -2.06. The molecular weight excluding hydrogens is 425 g/mol. The Kier molecular flexibility index (Phi) is 5.61. The van der Waals surface area contributed by atoms with Crippen molar-refractivity contribution in [3.63, 3.8) is 0 Å². The van der Waals surface area contributed by atoms with E-state index in [1.165, 1.54) is 0 Å². The molecule has 6 nitrogen and oxygen atoms in total. The van der Waals surface area contributed by atoms with E-state index in [0.29, 0.717) is 18.3 Å². The molecule has 8 atom stereocenters. The van der Waals surface area contributed by atoms with Gasteiger partial charge < -0.3 is 15.4 Å². The number of hydrogen-bond donors (Lipinski definition) is 2. The first-order chi connectivity index (χ1) is 14.9. The van der Waals surface area contributed by atoms with E-state index in [-0.39, 0.29) is 23.3 Å². The third kappa shape index (κ3) is 3.52. The molecule has 3 fully saturated rings. The molecule has 4 rings (SSSR count). The Balaban J connectivity index is 1.54. The Bertz CT molecular complexity index is 844. The van der Waals surface area contributed by atoms with Crippen molar-refractivity contribution in [3.8, 4) is 0 Å². The molecule has 3 aliphatic carbocycles. The van der Waals surface area contributed by atoms with Crippen LogP contribution in [0.4, 0.5) is 13.2 Å². The van der Waals surface area contributed by atoms with Crippen LogP contribution in [-0.4, -0.2) is 43.2 Å². The number of carbonyl (C=O) groups is 3. The maximum absolute atomic E-state index is 13.3. The molecule has 2 N–H and O–H groups in total. The lowest BCUT2D eigenvalue weighted by molar-refractivity contribution is -0.185. The zero-order chi connectivity index (χ0) is 23.5. The molecule has 1 heterocycles. The van der Waals surface area contributed by atoms with Crippen LogP contribution in [0.3, 0.4) is 0 Å². The number of esters is 1. The number of hydrogen-bond acceptors (Lipinski definition) is 4. The SMILES string of the molecule is COC(=O)C(NC(=O)[C@@H]1CC[C@@H]2[C@H]3CC[C@H]4NC(=O)C=C[C@]4(C)[C@@H]3CC[C@]21C)C(F)(F)F. The quantitative estimate of drug-likeness (QED) is 0.639. The summed E-state index contributed by atoms with van der Waals surface area (Å²) in [6, 6.07) is -2.55. The van der Waals surface area contributed by atoms with E-state index < -0.39 is 35.4 Å². The third-order valence-corrected chi connectivity index (χ3v) is 9.05. The normalized spacial score (nSPS) is 41.6. The molecule has 1 aliphatic heterocycles. The summed E-state index contributed by atoms with van der Waals surface area (Å²) in [5, 5.41) is 5.04. The van der Waals surface area contributed by atoms with Crippen LogP contribution in [-0.2, 0) is 19.1 Å². The van der Waals surface area contributed by atoms with Gasteiger partial charge in [-0.1, -0.05) is 19.9 Å². The largest absolute Gasteiger partial charge is 0.467 e. The van der Waals surface area contributed by atoms with E-state index >= 15 is 0 Å². The van der Waals surface area contributed by atoms with Crippen LogP contribution in [0.5, 0.6) is 0 Å². The average Bonchev–Trinajstić information content (AvgIpc) is 3.08. The fourth-order valence-corrected chi connectivity index (χ4v) is 7.40. The van der Waals surface area contributed by atoms with E-state index in [0.717, 1.165) is 39.2 Å². The van der Waals surface area contributed by atoms with Gasteiger partial charge in [0.2, 0.25) is 17.9 Å². The Morgan fingerprint density at radius 2 is 1.88 bits per heavy atom. The Morgan fingerprint density at radius 1 is 1.16 bits per heavy atom. The number of fused-ring (bicyclic) bond motifs is 5. The van der Waals surface area contributed by atoms with Gasteiger partial charge in [-0.05, 0) is 67.8 Å². The number of methoxy groups -OCH3 is 1. The second kappa shape index (κ2) is 7.76. The minimum Gasteiger partial charge on any atom is -0.467 e. The number of nitrogens with one attached hydrogen (secondary N) is 2. The zero-order valence-electron chi connectivity index (χ0n) is 18.6. The lowest BCUT2D eigenvalue weighted by Gasteiger charge is -2.58. The van der Waals surface area contributed by atoms with Gasteiger partial charge in [0.05, 0.1) is 7.11 Å². The van der Waals surface area contributed by atoms with Crippen LogP contribution in [0.2, 0.25) is 0 Å². The minimum atomic E-state index is -4.91. The highest BCUT2D eigenvalue weighted by Crippen LogP contribution is 2.65. The van der Waals surface area contributed by atoms with Gasteiger partial charge in [0.1, 0.15) is 0 Å². The second-order valence-electron chi connectivity index (χ2n) is 10.4. The molecule has 0 aromatic carbocycles. The van der Waals surface area contributed by atoms with Crippen LogP contribution < -0.4 is 10.6 Å². The Morgan fingerprint density at radius 3 is 2.53 bits per heavy atom. The van der Waals surface area contributed by atoms with Gasteiger partial charge in [-0.3, -0.25) is 9.59 Å². The van der Waals surface area contributed by atoms with Crippen molar-refractivity contribution in [3.05, 3.63) is 12.2 Å². The van der Waals surface area contributed by atoms with Crippen LogP contribution >= 0.6 is 0 Å². The van der Waals surface area contributed by atoms with Crippen LogP contribution in [0, 0.1) is 34.5 Å². The molecule has 0 aromatic heterocycles. The number of rotatable bonds is 3. The topological polar surface area (TPSA) is 84.5 Å². The first-order valence-corrected chi connectivity index (χ1v) is 11.4. The molecule has 3 saturated carbocycles. The van der Waals surface area contributed by atoms with Gasteiger partial charge in [0, 0.05) is 17.4 Å². The molecule has 9 heteroatoms. The highest BCUT2D eigenvalue weighted by Gasteiger charge is 2.61. The van der Waals surface area contributed by atoms with Crippen molar-refractivity contribution in [1.82, 2.24) is 10.6 Å². The van der Waals surface area contributed by atoms with Crippen molar-refractivity contribution in [2.24, 2.45) is 34.5 Å². The van der Waals surface area contributed by atoms with Gasteiger partial charge in [-0.25, -0.2) is 4.79 Å². The van der Waals surface area contributed by atoms with Gasteiger partial charge in [0.15, 0.2) is 0 Å². The first-order valence-electron chi connectivity index (χ1n) is 11.4. The molecule has 0 aromatic rings. The van der Waals surface area contributed by atoms with Crippen LogP contribution in [0.25, 0.3) is 0 Å². The van der Waals surface area contributed by atoms with Crippen molar-refractivity contribution in [2.45, 2.75) is 70.6 Å². The molecule has 0 radical (unpaired) electrons. The molecule has 4 aliphatic rings. The van der Waals surface area contributed by atoms with Gasteiger partial charge in [0.25, 0.3) is 0 Å². The van der Waals surface area contributed by atoms with Gasteiger partial charge >= 0.3 is 12.1 Å². The van der Waals surface area contributed by atoms with E-state index in [1.54, 1.807) is 6.08 Å². The van der Waals surface area contributed by atoms with E-state index in [2.05, 4.69) is 17.0 Å². The third-order valence-electron chi connectivity index (χ3n) is 9.05. The number of halogens is 3. The molecule has 178 valence electrons. The molecule has 1 unspecified atom stereocenters. The maximum Gasteiger partial charge on any atom is 0.419 e. The summed E-state index contributed by atoms with van der Waals surface area (Å²) in [7, 11) is 0.875. The molecule has 0 spiro atoms. The second-order valence-corrected chi connectivity index (χ2v) is 10.4. The molecule has 2 amide bonds. The highest BCUT2D eigenvalue weighted by molar-refractivity contribution is 5.89. The fourth-order valence-electron chi connectivity index (χ4n) is 7.40. The number of alkyl halides is 3. The van der Waals surface area contributed by atoms with Crippen molar-refractivity contribution in [1.29, 1.82) is 0 Å². The fraction of sp³-hybridized carbons (Fsp3) is 0.783. The number of amides is 2. The predicted octanol–water partition coefficient (Wildman–Crippen LogP) is 3.12. The van der Waals surface area contributed by atoms with Crippen molar-refractivity contribution >= 4 is 17.8 Å². The predicted molar refractivity (Wildman–Crippen MR) is 109 cm³/mol. The average molecular weight is 457 g/mol. The number of carbonyl (C=O) groups excluding carboxylic acids is 3. The first kappa shape index (κ1) is 23.1. The standard InChI is InChI=1S/C23H31F3N2O4/c1-21-10-8-14-12(4-7-16-22(14,2)11-9-17(29)27-16)13(21)5-6-15(21)19(30)28-18(20(31)32-3)23(24,25)26/h9,11-16,18H,4-8,10H2,1-3H3,(H,27,29)(H,28,30)/t12-,13-,14-,15+,16-,18?,21-,22-/m1/s1. The summed E-state index contributed by atoms with van der Waals surface area (Å²) in [6.45, 7) is 4.22. The van der Waals surface area contributed by atoms with Gasteiger partial charge in [-0.15, -0.1) is 0 Å². The molecule has 0 saturated heterocycles. The van der Waals surface area contributed by atoms with Crippen LogP contribution in [0.1, 0.15) is 52.4 Å². The molecule has 0 bridgehead atoms. The molecule has 32 heavy (non-hydrogen) atoms. The monoisotopic (exact) mass is 456 g/mol. The smallest absolute Gasteiger partial charge is 0.419 e. The van der Waals surface area contributed by atoms with E-state index in [9.17, 15) is 27.6 Å². The van der Waals surface area contributed by atoms with Crippen molar-refractivity contribution < 1.29 is 32.3 Å². The summed E-state index contributed by atoms with van der Waals surface area (Å²) in [5.74, 6) is -1.92. The summed E-state index contributed by atoms with van der Waals surface area (Å²) >= 11 is 0.